The summed E-state index contributed by atoms with van der Waals surface area (Å²) >= 11 is 3.28. The molecular weight excluding hydrogens is 376 g/mol. The van der Waals surface area contributed by atoms with Crippen molar-refractivity contribution < 1.29 is 9.53 Å². The molecule has 0 saturated carbocycles. The third-order valence-corrected chi connectivity index (χ3v) is 5.95. The van der Waals surface area contributed by atoms with E-state index >= 15 is 0 Å². The molecule has 0 bridgehead atoms. The van der Waals surface area contributed by atoms with Gasteiger partial charge in [0.25, 0.3) is 0 Å². The van der Waals surface area contributed by atoms with Crippen LogP contribution in [0.1, 0.15) is 23.7 Å². The number of carbonyl (C=O) groups is 1. The molecule has 3 rings (SSSR count). The van der Waals surface area contributed by atoms with Gasteiger partial charge in [-0.1, -0.05) is 41.6 Å². The maximum Gasteiger partial charge on any atom is 0.230 e. The van der Waals surface area contributed by atoms with Crippen molar-refractivity contribution in [1.29, 1.82) is 0 Å². The molecule has 1 heterocycles. The van der Waals surface area contributed by atoms with Crippen LogP contribution < -0.4 is 10.1 Å². The molecule has 2 aromatic carbocycles. The first kappa shape index (κ1) is 19.5. The van der Waals surface area contributed by atoms with Gasteiger partial charge in [0, 0.05) is 16.8 Å². The van der Waals surface area contributed by atoms with Crippen molar-refractivity contribution in [1.82, 2.24) is 4.98 Å². The zero-order valence-electron chi connectivity index (χ0n) is 15.4. The summed E-state index contributed by atoms with van der Waals surface area (Å²) in [7, 11) is 0. The van der Waals surface area contributed by atoms with Gasteiger partial charge in [-0.15, -0.1) is 11.3 Å². The molecule has 4 nitrogen and oxygen atoms in total. The first-order valence-electron chi connectivity index (χ1n) is 8.78. The van der Waals surface area contributed by atoms with Crippen molar-refractivity contribution in [2.75, 3.05) is 11.9 Å². The molecule has 0 aliphatic carbocycles. The zero-order chi connectivity index (χ0) is 19.1. The van der Waals surface area contributed by atoms with Crippen LogP contribution in [-0.4, -0.2) is 17.5 Å². The fourth-order valence-electron chi connectivity index (χ4n) is 2.44. The summed E-state index contributed by atoms with van der Waals surface area (Å²) in [5.41, 5.74) is 4.09. The smallest absolute Gasteiger partial charge is 0.230 e. The summed E-state index contributed by atoms with van der Waals surface area (Å²) < 4.78 is 6.39. The van der Waals surface area contributed by atoms with Gasteiger partial charge >= 0.3 is 0 Å². The van der Waals surface area contributed by atoms with E-state index in [1.165, 1.54) is 11.1 Å². The van der Waals surface area contributed by atoms with Crippen LogP contribution >= 0.6 is 23.1 Å². The van der Waals surface area contributed by atoms with E-state index in [1.54, 1.807) is 23.1 Å². The fraction of sp³-hybridized carbons (Fsp3) is 0.238. The highest BCUT2D eigenvalue weighted by Gasteiger charge is 2.09. The van der Waals surface area contributed by atoms with Gasteiger partial charge in [-0.3, -0.25) is 4.79 Å². The number of rotatable bonds is 8. The van der Waals surface area contributed by atoms with Crippen molar-refractivity contribution in [3.8, 4) is 5.75 Å². The Morgan fingerprint density at radius 1 is 1.15 bits per heavy atom. The number of anilines is 1. The van der Waals surface area contributed by atoms with Gasteiger partial charge in [-0.25, -0.2) is 4.98 Å². The van der Waals surface area contributed by atoms with Crippen LogP contribution in [0.2, 0.25) is 0 Å². The Balaban J connectivity index is 1.49. The standard InChI is InChI=1S/C21H22N2O2S2/c1-3-25-19-10-8-17(9-11-19)22-20(24)12-18-14-27-21(23-18)26-13-16-6-4-15(2)5-7-16/h4-11,14H,3,12-13H2,1-2H3,(H,22,24). The van der Waals surface area contributed by atoms with Crippen LogP contribution in [-0.2, 0) is 17.0 Å². The van der Waals surface area contributed by atoms with Gasteiger partial charge in [0.05, 0.1) is 18.7 Å². The number of hydrogen-bond acceptors (Lipinski definition) is 5. The van der Waals surface area contributed by atoms with Gasteiger partial charge in [0.2, 0.25) is 5.91 Å². The van der Waals surface area contributed by atoms with E-state index in [2.05, 4.69) is 41.5 Å². The molecule has 0 fully saturated rings. The first-order chi connectivity index (χ1) is 13.1. The molecule has 0 spiro atoms. The van der Waals surface area contributed by atoms with Crippen LogP contribution in [0, 0.1) is 6.92 Å². The lowest BCUT2D eigenvalue weighted by Crippen LogP contribution is -2.14. The Bertz CT molecular complexity index is 874. The molecule has 1 N–H and O–H groups in total. The number of aryl methyl sites for hydroxylation is 1. The summed E-state index contributed by atoms with van der Waals surface area (Å²) in [6.07, 6.45) is 0.273. The lowest BCUT2D eigenvalue weighted by molar-refractivity contribution is -0.115. The Hall–Kier alpha value is -2.31. The topological polar surface area (TPSA) is 51.2 Å². The average Bonchev–Trinajstić information content (AvgIpc) is 3.10. The molecule has 0 radical (unpaired) electrons. The molecule has 140 valence electrons. The molecule has 1 amide bonds. The van der Waals surface area contributed by atoms with Crippen molar-refractivity contribution in [2.24, 2.45) is 0 Å². The molecule has 0 atom stereocenters. The molecule has 27 heavy (non-hydrogen) atoms. The minimum atomic E-state index is -0.0699. The Morgan fingerprint density at radius 2 is 1.89 bits per heavy atom. The maximum atomic E-state index is 12.2. The van der Waals surface area contributed by atoms with Crippen LogP contribution in [0.5, 0.6) is 5.75 Å². The highest BCUT2D eigenvalue weighted by molar-refractivity contribution is 8.00. The number of ether oxygens (including phenoxy) is 1. The molecule has 3 aromatic rings. The molecule has 0 aliphatic rings. The first-order valence-corrected chi connectivity index (χ1v) is 10.6. The lowest BCUT2D eigenvalue weighted by Gasteiger charge is -2.06. The zero-order valence-corrected chi connectivity index (χ0v) is 17.0. The number of nitrogens with one attached hydrogen (secondary N) is 1. The van der Waals surface area contributed by atoms with Crippen LogP contribution in [0.25, 0.3) is 0 Å². The Labute approximate surface area is 168 Å². The number of nitrogens with zero attached hydrogens (tertiary/aromatic N) is 1. The number of hydrogen-bond donors (Lipinski definition) is 1. The third-order valence-electron chi connectivity index (χ3n) is 3.80. The van der Waals surface area contributed by atoms with Gasteiger partial charge < -0.3 is 10.1 Å². The summed E-state index contributed by atoms with van der Waals surface area (Å²) in [6.45, 7) is 4.65. The molecular formula is C21H22N2O2S2. The van der Waals surface area contributed by atoms with Crippen molar-refractivity contribution in [2.45, 2.75) is 30.4 Å². The van der Waals surface area contributed by atoms with E-state index in [-0.39, 0.29) is 12.3 Å². The number of benzene rings is 2. The Kier molecular flexibility index (Phi) is 6.90. The molecule has 1 aromatic heterocycles. The van der Waals surface area contributed by atoms with Crippen molar-refractivity contribution in [3.63, 3.8) is 0 Å². The predicted octanol–water partition coefficient (Wildman–Crippen LogP) is 5.32. The quantitative estimate of drug-likeness (QED) is 0.522. The highest BCUT2D eigenvalue weighted by Crippen LogP contribution is 2.26. The van der Waals surface area contributed by atoms with Crippen LogP contribution in [0.15, 0.2) is 58.3 Å². The average molecular weight is 399 g/mol. The van der Waals surface area contributed by atoms with Gasteiger partial charge in [-0.05, 0) is 43.7 Å². The normalized spacial score (nSPS) is 10.6. The van der Waals surface area contributed by atoms with E-state index in [4.69, 9.17) is 4.74 Å². The molecule has 0 saturated heterocycles. The van der Waals surface area contributed by atoms with E-state index in [0.29, 0.717) is 6.61 Å². The number of amides is 1. The van der Waals surface area contributed by atoms with Crippen LogP contribution in [0.3, 0.4) is 0 Å². The molecule has 6 heteroatoms. The maximum absolute atomic E-state index is 12.2. The summed E-state index contributed by atoms with van der Waals surface area (Å²) in [4.78, 5) is 16.8. The minimum absolute atomic E-state index is 0.0699. The van der Waals surface area contributed by atoms with Gasteiger partial charge in [0.1, 0.15) is 10.1 Å². The number of carbonyl (C=O) groups excluding carboxylic acids is 1. The number of thiazole rings is 1. The summed E-state index contributed by atoms with van der Waals surface area (Å²) in [5, 5.41) is 4.85. The minimum Gasteiger partial charge on any atom is -0.494 e. The monoisotopic (exact) mass is 398 g/mol. The molecule has 0 unspecified atom stereocenters. The van der Waals surface area contributed by atoms with E-state index in [1.807, 2.05) is 36.6 Å². The number of aromatic nitrogens is 1. The lowest BCUT2D eigenvalue weighted by atomic mass is 10.2. The second kappa shape index (κ2) is 9.58. The highest BCUT2D eigenvalue weighted by atomic mass is 32.2. The van der Waals surface area contributed by atoms with Gasteiger partial charge in [-0.2, -0.15) is 0 Å². The van der Waals surface area contributed by atoms with Crippen molar-refractivity contribution in [3.05, 3.63) is 70.7 Å². The van der Waals surface area contributed by atoms with E-state index < -0.39 is 0 Å². The largest absolute Gasteiger partial charge is 0.494 e. The van der Waals surface area contributed by atoms with Gasteiger partial charge in [0.15, 0.2) is 0 Å². The summed E-state index contributed by atoms with van der Waals surface area (Å²) in [6, 6.07) is 15.9. The number of thioether (sulfide) groups is 1. The van der Waals surface area contributed by atoms with Crippen molar-refractivity contribution >= 4 is 34.7 Å². The fourth-order valence-corrected chi connectivity index (χ4v) is 4.24. The third kappa shape index (κ3) is 6.12. The Morgan fingerprint density at radius 3 is 2.59 bits per heavy atom. The SMILES string of the molecule is CCOc1ccc(NC(=O)Cc2csc(SCc3ccc(C)cc3)n2)cc1. The van der Waals surface area contributed by atoms with E-state index in [9.17, 15) is 4.79 Å². The summed E-state index contributed by atoms with van der Waals surface area (Å²) in [5.74, 6) is 1.61. The molecule has 0 aliphatic heterocycles. The van der Waals surface area contributed by atoms with E-state index in [0.717, 1.165) is 27.2 Å². The second-order valence-corrected chi connectivity index (χ2v) is 8.14. The van der Waals surface area contributed by atoms with Crippen LogP contribution in [0.4, 0.5) is 5.69 Å². The predicted molar refractivity (Wildman–Crippen MR) is 113 cm³/mol. The second-order valence-electron chi connectivity index (χ2n) is 6.06.